The molecule has 0 amide bonds. The second-order valence-corrected chi connectivity index (χ2v) is 6.49. The second-order valence-electron chi connectivity index (χ2n) is 6.49. The minimum atomic E-state index is 0.0170. The summed E-state index contributed by atoms with van der Waals surface area (Å²) in [6.07, 6.45) is 7.28. The maximum atomic E-state index is 12.4. The largest absolute Gasteiger partial charge is 0.331 e. The average molecular weight is 345 g/mol. The molecular formula is C20H19N5O. The van der Waals surface area contributed by atoms with Crippen molar-refractivity contribution in [1.82, 2.24) is 24.3 Å². The molecule has 130 valence electrons. The molecule has 3 aromatic heterocycles. The Morgan fingerprint density at radius 2 is 1.88 bits per heavy atom. The lowest BCUT2D eigenvalue weighted by Gasteiger charge is -2.07. The van der Waals surface area contributed by atoms with E-state index in [0.717, 1.165) is 33.5 Å². The molecule has 6 nitrogen and oxygen atoms in total. The fraction of sp³-hybridized carbons (Fsp3) is 0.200. The number of carbonyl (C=O) groups excluding carboxylic acids is 1. The number of pyridine rings is 1. The van der Waals surface area contributed by atoms with Crippen molar-refractivity contribution in [2.75, 3.05) is 0 Å². The van der Waals surface area contributed by atoms with Crippen LogP contribution in [0.2, 0.25) is 0 Å². The van der Waals surface area contributed by atoms with Gasteiger partial charge in [0, 0.05) is 43.1 Å². The van der Waals surface area contributed by atoms with Gasteiger partial charge in [0.25, 0.3) is 0 Å². The third-order valence-corrected chi connectivity index (χ3v) is 4.66. The maximum absolute atomic E-state index is 12.4. The molecule has 6 heteroatoms. The minimum Gasteiger partial charge on any atom is -0.331 e. The molecule has 0 spiro atoms. The number of aryl methyl sites for hydroxylation is 2. The van der Waals surface area contributed by atoms with Gasteiger partial charge in [0.15, 0.2) is 5.78 Å². The molecule has 0 N–H and O–H groups in total. The van der Waals surface area contributed by atoms with Crippen LogP contribution in [0.4, 0.5) is 0 Å². The van der Waals surface area contributed by atoms with Crippen LogP contribution in [-0.2, 0) is 20.5 Å². The Kier molecular flexibility index (Phi) is 3.88. The van der Waals surface area contributed by atoms with E-state index in [9.17, 15) is 4.79 Å². The van der Waals surface area contributed by atoms with Gasteiger partial charge in [0.05, 0.1) is 30.1 Å². The van der Waals surface area contributed by atoms with Crippen molar-refractivity contribution in [3.05, 3.63) is 66.1 Å². The zero-order valence-corrected chi connectivity index (χ0v) is 15.0. The fourth-order valence-electron chi connectivity index (χ4n) is 3.04. The second kappa shape index (κ2) is 6.22. The number of Topliss-reactive ketones (excluding diaryl/α,β-unsaturated/α-hetero) is 1. The predicted molar refractivity (Wildman–Crippen MR) is 99.9 cm³/mol. The van der Waals surface area contributed by atoms with Crippen LogP contribution in [0.15, 0.2) is 49.1 Å². The molecule has 3 heterocycles. The topological polar surface area (TPSA) is 65.6 Å². The number of carbonyl (C=O) groups is 1. The molecule has 0 aliphatic carbocycles. The fourth-order valence-corrected chi connectivity index (χ4v) is 3.04. The molecule has 0 saturated carbocycles. The lowest BCUT2D eigenvalue weighted by molar-refractivity contribution is 0.0992. The van der Waals surface area contributed by atoms with Gasteiger partial charge in [-0.05, 0) is 24.4 Å². The van der Waals surface area contributed by atoms with Crippen molar-refractivity contribution < 1.29 is 4.79 Å². The van der Waals surface area contributed by atoms with Crippen LogP contribution in [0.3, 0.4) is 0 Å². The van der Waals surface area contributed by atoms with Crippen molar-refractivity contribution in [3.8, 4) is 11.3 Å². The first-order valence-electron chi connectivity index (χ1n) is 8.40. The molecule has 0 bridgehead atoms. The van der Waals surface area contributed by atoms with Gasteiger partial charge in [-0.15, -0.1) is 0 Å². The summed E-state index contributed by atoms with van der Waals surface area (Å²) in [5.41, 5.74) is 3.52. The van der Waals surface area contributed by atoms with Crippen LogP contribution in [0.5, 0.6) is 0 Å². The van der Waals surface area contributed by atoms with E-state index in [1.807, 2.05) is 38.5 Å². The summed E-state index contributed by atoms with van der Waals surface area (Å²) in [5.74, 6) is 0.987. The van der Waals surface area contributed by atoms with E-state index < -0.39 is 0 Å². The van der Waals surface area contributed by atoms with Gasteiger partial charge >= 0.3 is 0 Å². The number of aromatic nitrogens is 5. The van der Waals surface area contributed by atoms with E-state index in [-0.39, 0.29) is 12.2 Å². The highest BCUT2D eigenvalue weighted by molar-refractivity contribution is 5.97. The number of imidazole rings is 1. The Labute approximate surface area is 151 Å². The van der Waals surface area contributed by atoms with Crippen LogP contribution >= 0.6 is 0 Å². The highest BCUT2D eigenvalue weighted by atomic mass is 16.1. The molecule has 26 heavy (non-hydrogen) atoms. The SMILES string of the molecule is Cc1ncc(-c2ccc3cnc(CC(=O)c4cnn(C)c4)cc3c2)n1C. The molecule has 1 aromatic carbocycles. The number of hydrogen-bond donors (Lipinski definition) is 0. The monoisotopic (exact) mass is 345 g/mol. The summed E-state index contributed by atoms with van der Waals surface area (Å²) < 4.78 is 3.69. The maximum Gasteiger partial charge on any atom is 0.171 e. The normalized spacial score (nSPS) is 11.2. The van der Waals surface area contributed by atoms with Gasteiger partial charge in [0.1, 0.15) is 5.82 Å². The first-order valence-corrected chi connectivity index (χ1v) is 8.40. The van der Waals surface area contributed by atoms with E-state index in [4.69, 9.17) is 0 Å². The quantitative estimate of drug-likeness (QED) is 0.533. The number of hydrogen-bond acceptors (Lipinski definition) is 4. The van der Waals surface area contributed by atoms with E-state index in [1.165, 1.54) is 0 Å². The first kappa shape index (κ1) is 16.2. The molecule has 0 radical (unpaired) electrons. The average Bonchev–Trinajstić information content (AvgIpc) is 3.21. The van der Waals surface area contributed by atoms with E-state index >= 15 is 0 Å². The Morgan fingerprint density at radius 1 is 1.04 bits per heavy atom. The molecule has 0 unspecified atom stereocenters. The van der Waals surface area contributed by atoms with Crippen LogP contribution in [0, 0.1) is 6.92 Å². The summed E-state index contributed by atoms with van der Waals surface area (Å²) >= 11 is 0. The van der Waals surface area contributed by atoms with Gasteiger partial charge in [-0.3, -0.25) is 14.5 Å². The van der Waals surface area contributed by atoms with Crippen LogP contribution in [-0.4, -0.2) is 30.1 Å². The molecular weight excluding hydrogens is 326 g/mol. The number of fused-ring (bicyclic) bond motifs is 1. The van der Waals surface area contributed by atoms with E-state index in [1.54, 1.807) is 24.1 Å². The van der Waals surface area contributed by atoms with Gasteiger partial charge < -0.3 is 4.57 Å². The third-order valence-electron chi connectivity index (χ3n) is 4.66. The highest BCUT2D eigenvalue weighted by Gasteiger charge is 2.11. The van der Waals surface area contributed by atoms with Gasteiger partial charge in [-0.1, -0.05) is 12.1 Å². The molecule has 4 rings (SSSR count). The van der Waals surface area contributed by atoms with Crippen LogP contribution in [0.1, 0.15) is 21.9 Å². The lowest BCUT2D eigenvalue weighted by Crippen LogP contribution is -2.04. The number of rotatable bonds is 4. The smallest absolute Gasteiger partial charge is 0.171 e. The predicted octanol–water partition coefficient (Wildman–Crippen LogP) is 3.10. The Balaban J connectivity index is 1.67. The summed E-state index contributed by atoms with van der Waals surface area (Å²) in [5, 5.41) is 6.16. The molecule has 0 aliphatic rings. The van der Waals surface area contributed by atoms with Crippen molar-refractivity contribution >= 4 is 16.6 Å². The van der Waals surface area contributed by atoms with Crippen LogP contribution in [0.25, 0.3) is 22.0 Å². The van der Waals surface area contributed by atoms with Gasteiger partial charge in [0.2, 0.25) is 0 Å². The molecule has 0 atom stereocenters. The highest BCUT2D eigenvalue weighted by Crippen LogP contribution is 2.25. The van der Waals surface area contributed by atoms with Gasteiger partial charge in [-0.25, -0.2) is 4.98 Å². The zero-order chi connectivity index (χ0) is 18.3. The van der Waals surface area contributed by atoms with Gasteiger partial charge in [-0.2, -0.15) is 5.10 Å². The van der Waals surface area contributed by atoms with Crippen molar-refractivity contribution in [3.63, 3.8) is 0 Å². The van der Waals surface area contributed by atoms with Crippen molar-refractivity contribution in [2.45, 2.75) is 13.3 Å². The molecule has 0 aliphatic heterocycles. The van der Waals surface area contributed by atoms with Crippen molar-refractivity contribution in [1.29, 1.82) is 0 Å². The minimum absolute atomic E-state index is 0.0170. The summed E-state index contributed by atoms with van der Waals surface area (Å²) in [4.78, 5) is 21.2. The summed E-state index contributed by atoms with van der Waals surface area (Å²) in [6.45, 7) is 1.98. The summed E-state index contributed by atoms with van der Waals surface area (Å²) in [6, 6.07) is 8.22. The molecule has 0 saturated heterocycles. The molecule has 4 aromatic rings. The summed E-state index contributed by atoms with van der Waals surface area (Å²) in [7, 11) is 3.80. The standard InChI is InChI=1S/C20H19N5O/c1-13-21-11-19(25(13)3)14-4-5-15-9-22-18(7-16(15)6-14)8-20(26)17-10-23-24(2)12-17/h4-7,9-12H,8H2,1-3H3. The molecule has 0 fully saturated rings. The number of nitrogens with zero attached hydrogens (tertiary/aromatic N) is 5. The van der Waals surface area contributed by atoms with Crippen LogP contribution < -0.4 is 0 Å². The Morgan fingerprint density at radius 3 is 2.58 bits per heavy atom. The number of ketones is 1. The lowest BCUT2D eigenvalue weighted by atomic mass is 10.0. The zero-order valence-electron chi connectivity index (χ0n) is 15.0. The Bertz CT molecular complexity index is 1120. The van der Waals surface area contributed by atoms with E-state index in [0.29, 0.717) is 5.56 Å². The Hall–Kier alpha value is -3.28. The number of benzene rings is 1. The van der Waals surface area contributed by atoms with E-state index in [2.05, 4.69) is 31.8 Å². The van der Waals surface area contributed by atoms with Crippen molar-refractivity contribution in [2.24, 2.45) is 14.1 Å². The third kappa shape index (κ3) is 2.90. The first-order chi connectivity index (χ1) is 12.5.